The summed E-state index contributed by atoms with van der Waals surface area (Å²) in [5, 5.41) is 2.92. The Kier molecular flexibility index (Phi) is 5.18. The summed E-state index contributed by atoms with van der Waals surface area (Å²) in [6.45, 7) is 0.556. The summed E-state index contributed by atoms with van der Waals surface area (Å²) >= 11 is 3.41. The molecule has 0 aliphatic heterocycles. The van der Waals surface area contributed by atoms with E-state index in [9.17, 15) is 4.79 Å². The van der Waals surface area contributed by atoms with Gasteiger partial charge in [-0.15, -0.1) is 0 Å². The van der Waals surface area contributed by atoms with Gasteiger partial charge < -0.3 is 11.1 Å². The first kappa shape index (κ1) is 14.6. The number of hydrogen-bond donors (Lipinski definition) is 2. The number of nitrogen functional groups attached to an aromatic ring is 1. The van der Waals surface area contributed by atoms with E-state index in [1.54, 1.807) is 0 Å². The topological polar surface area (TPSA) is 55.1 Å². The molecule has 0 bridgehead atoms. The molecule has 0 heterocycles. The molecule has 0 saturated heterocycles. The number of rotatable bonds is 5. The first-order valence-corrected chi connectivity index (χ1v) is 7.28. The first-order valence-electron chi connectivity index (χ1n) is 6.49. The van der Waals surface area contributed by atoms with E-state index in [-0.39, 0.29) is 5.91 Å². The van der Waals surface area contributed by atoms with Crippen molar-refractivity contribution in [2.75, 3.05) is 5.73 Å². The number of aryl methyl sites for hydroxylation is 1. The number of benzene rings is 2. The predicted octanol–water partition coefficient (Wildman–Crippen LogP) is 3.28. The van der Waals surface area contributed by atoms with Crippen molar-refractivity contribution in [3.63, 3.8) is 0 Å². The Balaban J connectivity index is 1.77. The molecule has 0 saturated carbocycles. The lowest BCUT2D eigenvalue weighted by Gasteiger charge is -2.06. The van der Waals surface area contributed by atoms with Crippen LogP contribution in [0, 0.1) is 0 Å². The van der Waals surface area contributed by atoms with Crippen LogP contribution in [-0.2, 0) is 17.8 Å². The van der Waals surface area contributed by atoms with E-state index >= 15 is 0 Å². The standard InChI is InChI=1S/C16H17BrN2O/c17-14-3-1-2-13(10-14)11-19-16(20)9-6-12-4-7-15(18)8-5-12/h1-5,7-8,10H,6,9,11,18H2,(H,19,20). The van der Waals surface area contributed by atoms with Gasteiger partial charge in [0.25, 0.3) is 0 Å². The van der Waals surface area contributed by atoms with Crippen LogP contribution in [0.1, 0.15) is 17.5 Å². The van der Waals surface area contributed by atoms with Crippen molar-refractivity contribution >= 4 is 27.5 Å². The Morgan fingerprint density at radius 2 is 1.85 bits per heavy atom. The SMILES string of the molecule is Nc1ccc(CCC(=O)NCc2cccc(Br)c2)cc1. The van der Waals surface area contributed by atoms with E-state index in [4.69, 9.17) is 5.73 Å². The molecule has 0 aliphatic carbocycles. The largest absolute Gasteiger partial charge is 0.399 e. The van der Waals surface area contributed by atoms with Crippen molar-refractivity contribution in [3.05, 3.63) is 64.1 Å². The summed E-state index contributed by atoms with van der Waals surface area (Å²) < 4.78 is 1.02. The molecular formula is C16H17BrN2O. The molecule has 104 valence electrons. The molecule has 0 aromatic heterocycles. The second-order valence-corrected chi connectivity index (χ2v) is 5.56. The number of carbonyl (C=O) groups excluding carboxylic acids is 1. The summed E-state index contributed by atoms with van der Waals surface area (Å²) in [6, 6.07) is 15.5. The molecular weight excluding hydrogens is 316 g/mol. The average Bonchev–Trinajstić information content (AvgIpc) is 2.45. The van der Waals surface area contributed by atoms with Gasteiger partial charge in [0.05, 0.1) is 0 Å². The van der Waals surface area contributed by atoms with Crippen LogP contribution < -0.4 is 11.1 Å². The van der Waals surface area contributed by atoms with Crippen molar-refractivity contribution < 1.29 is 4.79 Å². The minimum Gasteiger partial charge on any atom is -0.399 e. The molecule has 0 unspecified atom stereocenters. The zero-order valence-electron chi connectivity index (χ0n) is 11.1. The van der Waals surface area contributed by atoms with E-state index in [1.807, 2.05) is 48.5 Å². The van der Waals surface area contributed by atoms with E-state index in [2.05, 4.69) is 21.2 Å². The molecule has 0 atom stereocenters. The Labute approximate surface area is 127 Å². The maximum Gasteiger partial charge on any atom is 0.220 e. The van der Waals surface area contributed by atoms with Crippen molar-refractivity contribution in [1.82, 2.24) is 5.32 Å². The Morgan fingerprint density at radius 3 is 2.55 bits per heavy atom. The monoisotopic (exact) mass is 332 g/mol. The quantitative estimate of drug-likeness (QED) is 0.825. The smallest absolute Gasteiger partial charge is 0.220 e. The van der Waals surface area contributed by atoms with E-state index < -0.39 is 0 Å². The third kappa shape index (κ3) is 4.70. The number of hydrogen-bond acceptors (Lipinski definition) is 2. The fraction of sp³-hybridized carbons (Fsp3) is 0.188. The van der Waals surface area contributed by atoms with Gasteiger partial charge in [0, 0.05) is 23.1 Å². The lowest BCUT2D eigenvalue weighted by molar-refractivity contribution is -0.121. The highest BCUT2D eigenvalue weighted by molar-refractivity contribution is 9.10. The van der Waals surface area contributed by atoms with Crippen LogP contribution in [0.4, 0.5) is 5.69 Å². The molecule has 3 N–H and O–H groups in total. The second kappa shape index (κ2) is 7.10. The zero-order chi connectivity index (χ0) is 14.4. The van der Waals surface area contributed by atoms with Gasteiger partial charge >= 0.3 is 0 Å². The van der Waals surface area contributed by atoms with Gasteiger partial charge in [-0.3, -0.25) is 4.79 Å². The van der Waals surface area contributed by atoms with Crippen molar-refractivity contribution in [3.8, 4) is 0 Å². The van der Waals surface area contributed by atoms with Gasteiger partial charge in [-0.25, -0.2) is 0 Å². The first-order chi connectivity index (χ1) is 9.63. The minimum absolute atomic E-state index is 0.0572. The number of amides is 1. The third-order valence-corrected chi connectivity index (χ3v) is 3.49. The number of nitrogens with two attached hydrogens (primary N) is 1. The highest BCUT2D eigenvalue weighted by atomic mass is 79.9. The maximum absolute atomic E-state index is 11.8. The molecule has 4 heteroatoms. The maximum atomic E-state index is 11.8. The van der Waals surface area contributed by atoms with E-state index in [0.29, 0.717) is 13.0 Å². The summed E-state index contributed by atoms with van der Waals surface area (Å²) in [4.78, 5) is 11.8. The molecule has 2 aromatic rings. The molecule has 20 heavy (non-hydrogen) atoms. The lowest BCUT2D eigenvalue weighted by Crippen LogP contribution is -2.22. The van der Waals surface area contributed by atoms with Crippen molar-refractivity contribution in [2.24, 2.45) is 0 Å². The van der Waals surface area contributed by atoms with Crippen LogP contribution in [0.2, 0.25) is 0 Å². The summed E-state index contributed by atoms with van der Waals surface area (Å²) in [7, 11) is 0. The zero-order valence-corrected chi connectivity index (χ0v) is 12.7. The van der Waals surface area contributed by atoms with Gasteiger partial charge in [0.15, 0.2) is 0 Å². The number of anilines is 1. The van der Waals surface area contributed by atoms with Gasteiger partial charge in [-0.2, -0.15) is 0 Å². The Hall–Kier alpha value is -1.81. The minimum atomic E-state index is 0.0572. The molecule has 1 amide bonds. The van der Waals surface area contributed by atoms with E-state index in [1.165, 1.54) is 0 Å². The predicted molar refractivity (Wildman–Crippen MR) is 85.2 cm³/mol. The number of carbonyl (C=O) groups is 1. The molecule has 2 aromatic carbocycles. The van der Waals surface area contributed by atoms with Gasteiger partial charge in [-0.05, 0) is 41.8 Å². The second-order valence-electron chi connectivity index (χ2n) is 4.65. The molecule has 2 rings (SSSR count). The Morgan fingerprint density at radius 1 is 1.10 bits per heavy atom. The van der Waals surface area contributed by atoms with Crippen LogP contribution in [0.25, 0.3) is 0 Å². The molecule has 0 fully saturated rings. The van der Waals surface area contributed by atoms with Crippen LogP contribution >= 0.6 is 15.9 Å². The summed E-state index contributed by atoms with van der Waals surface area (Å²) in [5.74, 6) is 0.0572. The van der Waals surface area contributed by atoms with E-state index in [0.717, 1.165) is 27.7 Å². The van der Waals surface area contributed by atoms with Crippen LogP contribution in [0.15, 0.2) is 53.0 Å². The normalized spacial score (nSPS) is 10.2. The highest BCUT2D eigenvalue weighted by Crippen LogP contribution is 2.11. The van der Waals surface area contributed by atoms with Gasteiger partial charge in [0.1, 0.15) is 0 Å². The molecule has 0 spiro atoms. The van der Waals surface area contributed by atoms with Gasteiger partial charge in [-0.1, -0.05) is 40.2 Å². The fourth-order valence-corrected chi connectivity index (χ4v) is 2.32. The van der Waals surface area contributed by atoms with Crippen LogP contribution in [0.3, 0.4) is 0 Å². The molecule has 0 radical (unpaired) electrons. The summed E-state index contributed by atoms with van der Waals surface area (Å²) in [6.07, 6.45) is 1.21. The lowest BCUT2D eigenvalue weighted by atomic mass is 10.1. The van der Waals surface area contributed by atoms with Crippen LogP contribution in [0.5, 0.6) is 0 Å². The van der Waals surface area contributed by atoms with Crippen LogP contribution in [-0.4, -0.2) is 5.91 Å². The Bertz CT molecular complexity index is 581. The average molecular weight is 333 g/mol. The third-order valence-electron chi connectivity index (χ3n) is 3.00. The number of nitrogens with one attached hydrogen (secondary N) is 1. The fourth-order valence-electron chi connectivity index (χ4n) is 1.88. The van der Waals surface area contributed by atoms with Crippen molar-refractivity contribution in [2.45, 2.75) is 19.4 Å². The number of halogens is 1. The molecule has 0 aliphatic rings. The summed E-state index contributed by atoms with van der Waals surface area (Å²) in [5.41, 5.74) is 8.57. The highest BCUT2D eigenvalue weighted by Gasteiger charge is 2.02. The van der Waals surface area contributed by atoms with Gasteiger partial charge in [0.2, 0.25) is 5.91 Å². The van der Waals surface area contributed by atoms with Crippen molar-refractivity contribution in [1.29, 1.82) is 0 Å². The molecule has 3 nitrogen and oxygen atoms in total.